The van der Waals surface area contributed by atoms with Crippen LogP contribution in [0.1, 0.15) is 5.56 Å². The molecule has 2 heteroatoms. The summed E-state index contributed by atoms with van der Waals surface area (Å²) in [7, 11) is 0. The van der Waals surface area contributed by atoms with Crippen molar-refractivity contribution in [3.05, 3.63) is 54.1 Å². The highest BCUT2D eigenvalue weighted by Crippen LogP contribution is 2.24. The van der Waals surface area contributed by atoms with Crippen LogP contribution in [0.25, 0.3) is 6.08 Å². The standard InChI is InChI=1S/C13H12O2/c1-2-11-9-15-13(14)12(11)8-10-6-4-3-5-7-10/h2-8,11H,1,9H2/b12-8+/t11-/m0/s1. The quantitative estimate of drug-likeness (QED) is 0.416. The molecule has 0 aliphatic carbocycles. The van der Waals surface area contributed by atoms with Gasteiger partial charge in [0, 0.05) is 11.5 Å². The van der Waals surface area contributed by atoms with Crippen LogP contribution in [-0.4, -0.2) is 12.6 Å². The van der Waals surface area contributed by atoms with E-state index in [-0.39, 0.29) is 11.9 Å². The molecule has 0 spiro atoms. The van der Waals surface area contributed by atoms with E-state index in [0.717, 1.165) is 5.56 Å². The van der Waals surface area contributed by atoms with Crippen molar-refractivity contribution in [2.24, 2.45) is 5.92 Å². The van der Waals surface area contributed by atoms with Gasteiger partial charge in [-0.3, -0.25) is 0 Å². The van der Waals surface area contributed by atoms with E-state index in [1.807, 2.05) is 36.4 Å². The molecule has 1 saturated heterocycles. The number of carbonyl (C=O) groups excluding carboxylic acids is 1. The zero-order valence-corrected chi connectivity index (χ0v) is 8.35. The largest absolute Gasteiger partial charge is 0.461 e. The fourth-order valence-corrected chi connectivity index (χ4v) is 1.58. The number of cyclic esters (lactones) is 1. The summed E-state index contributed by atoms with van der Waals surface area (Å²) >= 11 is 0. The maximum Gasteiger partial charge on any atom is 0.334 e. The van der Waals surface area contributed by atoms with Gasteiger partial charge in [-0.25, -0.2) is 4.79 Å². The van der Waals surface area contributed by atoms with Gasteiger partial charge >= 0.3 is 5.97 Å². The number of carbonyl (C=O) groups is 1. The van der Waals surface area contributed by atoms with Crippen LogP contribution < -0.4 is 0 Å². The fourth-order valence-electron chi connectivity index (χ4n) is 1.58. The molecule has 1 fully saturated rings. The Morgan fingerprint density at radius 2 is 2.07 bits per heavy atom. The minimum atomic E-state index is -0.233. The van der Waals surface area contributed by atoms with Crippen molar-refractivity contribution in [3.63, 3.8) is 0 Å². The van der Waals surface area contributed by atoms with E-state index in [1.165, 1.54) is 0 Å². The van der Waals surface area contributed by atoms with E-state index < -0.39 is 0 Å². The molecule has 1 aromatic carbocycles. The lowest BCUT2D eigenvalue weighted by atomic mass is 10.00. The molecule has 0 amide bonds. The molecule has 0 saturated carbocycles. The van der Waals surface area contributed by atoms with Crippen molar-refractivity contribution in [2.45, 2.75) is 0 Å². The Balaban J connectivity index is 2.32. The number of hydrogen-bond acceptors (Lipinski definition) is 2. The van der Waals surface area contributed by atoms with Gasteiger partial charge in [-0.15, -0.1) is 6.58 Å². The maximum atomic E-state index is 11.4. The highest BCUT2D eigenvalue weighted by molar-refractivity contribution is 5.96. The van der Waals surface area contributed by atoms with E-state index in [0.29, 0.717) is 12.2 Å². The molecule has 0 aromatic heterocycles. The Morgan fingerprint density at radius 3 is 2.73 bits per heavy atom. The van der Waals surface area contributed by atoms with Gasteiger partial charge < -0.3 is 4.74 Å². The average molecular weight is 200 g/mol. The summed E-state index contributed by atoms with van der Waals surface area (Å²) in [6.07, 6.45) is 3.61. The number of hydrogen-bond donors (Lipinski definition) is 0. The monoisotopic (exact) mass is 200 g/mol. The van der Waals surface area contributed by atoms with Crippen LogP contribution in [0.2, 0.25) is 0 Å². The molecular formula is C13H12O2. The smallest absolute Gasteiger partial charge is 0.334 e. The summed E-state index contributed by atoms with van der Waals surface area (Å²) in [5.74, 6) is -0.207. The minimum absolute atomic E-state index is 0.0257. The lowest BCUT2D eigenvalue weighted by Crippen LogP contribution is -1.99. The summed E-state index contributed by atoms with van der Waals surface area (Å²) in [5.41, 5.74) is 1.70. The zero-order chi connectivity index (χ0) is 10.7. The third kappa shape index (κ3) is 1.99. The van der Waals surface area contributed by atoms with Gasteiger partial charge in [0.25, 0.3) is 0 Å². The first kappa shape index (κ1) is 9.71. The molecule has 2 rings (SSSR count). The number of ether oxygens (including phenoxy) is 1. The molecular weight excluding hydrogens is 188 g/mol. The highest BCUT2D eigenvalue weighted by Gasteiger charge is 2.27. The third-order valence-electron chi connectivity index (χ3n) is 2.44. The third-order valence-corrected chi connectivity index (χ3v) is 2.44. The number of benzene rings is 1. The van der Waals surface area contributed by atoms with Crippen LogP contribution in [0.4, 0.5) is 0 Å². The van der Waals surface area contributed by atoms with E-state index in [2.05, 4.69) is 6.58 Å². The van der Waals surface area contributed by atoms with Crippen LogP contribution in [0.5, 0.6) is 0 Å². The van der Waals surface area contributed by atoms with Crippen LogP contribution >= 0.6 is 0 Å². The Bertz CT molecular complexity index is 404. The molecule has 1 atom stereocenters. The molecule has 76 valence electrons. The molecule has 1 aromatic rings. The normalized spacial score (nSPS) is 22.8. The van der Waals surface area contributed by atoms with Crippen molar-refractivity contribution < 1.29 is 9.53 Å². The van der Waals surface area contributed by atoms with Gasteiger partial charge in [0.1, 0.15) is 6.61 Å². The zero-order valence-electron chi connectivity index (χ0n) is 8.35. The van der Waals surface area contributed by atoms with Crippen LogP contribution in [-0.2, 0) is 9.53 Å². The molecule has 2 nitrogen and oxygen atoms in total. The fraction of sp³-hybridized carbons (Fsp3) is 0.154. The van der Waals surface area contributed by atoms with Crippen LogP contribution in [0.3, 0.4) is 0 Å². The summed E-state index contributed by atoms with van der Waals surface area (Å²) in [6, 6.07) is 9.74. The first-order valence-corrected chi connectivity index (χ1v) is 4.87. The topological polar surface area (TPSA) is 26.3 Å². The molecule has 1 aliphatic heterocycles. The second-order valence-corrected chi connectivity index (χ2v) is 3.45. The summed E-state index contributed by atoms with van der Waals surface area (Å²) in [5, 5.41) is 0. The number of esters is 1. The van der Waals surface area contributed by atoms with Gasteiger partial charge in [0.15, 0.2) is 0 Å². The predicted molar refractivity (Wildman–Crippen MR) is 59.1 cm³/mol. The Labute approximate surface area is 88.9 Å². The first-order valence-electron chi connectivity index (χ1n) is 4.87. The van der Waals surface area contributed by atoms with Gasteiger partial charge in [0.05, 0.1) is 0 Å². The molecule has 1 aliphatic rings. The summed E-state index contributed by atoms with van der Waals surface area (Å²) in [4.78, 5) is 11.4. The van der Waals surface area contributed by atoms with Gasteiger partial charge in [-0.1, -0.05) is 36.4 Å². The SMILES string of the molecule is C=C[C@H]1COC(=O)/C1=C/c1ccccc1. The van der Waals surface area contributed by atoms with Crippen LogP contribution in [0.15, 0.2) is 48.6 Å². The molecule has 15 heavy (non-hydrogen) atoms. The van der Waals surface area contributed by atoms with Crippen molar-refractivity contribution >= 4 is 12.0 Å². The lowest BCUT2D eigenvalue weighted by Gasteiger charge is -2.00. The predicted octanol–water partition coefficient (Wildman–Crippen LogP) is 2.43. The Kier molecular flexibility index (Phi) is 2.68. The van der Waals surface area contributed by atoms with Gasteiger partial charge in [-0.2, -0.15) is 0 Å². The molecule has 0 bridgehead atoms. The van der Waals surface area contributed by atoms with Gasteiger partial charge in [-0.05, 0) is 11.6 Å². The van der Waals surface area contributed by atoms with Crippen LogP contribution in [0, 0.1) is 5.92 Å². The Morgan fingerprint density at radius 1 is 1.33 bits per heavy atom. The molecule has 1 heterocycles. The van der Waals surface area contributed by atoms with Crippen molar-refractivity contribution in [1.29, 1.82) is 0 Å². The molecule has 0 radical (unpaired) electrons. The van der Waals surface area contributed by atoms with E-state index in [4.69, 9.17) is 4.74 Å². The highest BCUT2D eigenvalue weighted by atomic mass is 16.5. The summed E-state index contributed by atoms with van der Waals surface area (Å²) < 4.78 is 4.96. The van der Waals surface area contributed by atoms with E-state index in [9.17, 15) is 4.79 Å². The molecule has 0 unspecified atom stereocenters. The minimum Gasteiger partial charge on any atom is -0.461 e. The van der Waals surface area contributed by atoms with E-state index >= 15 is 0 Å². The van der Waals surface area contributed by atoms with Crippen molar-refractivity contribution in [3.8, 4) is 0 Å². The maximum absolute atomic E-state index is 11.4. The van der Waals surface area contributed by atoms with Gasteiger partial charge in [0.2, 0.25) is 0 Å². The second kappa shape index (κ2) is 4.13. The lowest BCUT2D eigenvalue weighted by molar-refractivity contribution is -0.135. The number of rotatable bonds is 2. The average Bonchev–Trinajstić information content (AvgIpc) is 2.62. The van der Waals surface area contributed by atoms with E-state index in [1.54, 1.807) is 6.08 Å². The van der Waals surface area contributed by atoms with Crippen molar-refractivity contribution in [2.75, 3.05) is 6.61 Å². The Hall–Kier alpha value is -1.83. The second-order valence-electron chi connectivity index (χ2n) is 3.45. The van der Waals surface area contributed by atoms with Crippen molar-refractivity contribution in [1.82, 2.24) is 0 Å². The summed E-state index contributed by atoms with van der Waals surface area (Å²) in [6.45, 7) is 4.11. The first-order chi connectivity index (χ1) is 7.31. The molecule has 0 N–H and O–H groups in total.